The van der Waals surface area contributed by atoms with E-state index in [1.807, 2.05) is 38.1 Å². The molecule has 0 bridgehead atoms. The van der Waals surface area contributed by atoms with Crippen LogP contribution in [-0.4, -0.2) is 66.5 Å². The minimum Gasteiger partial charge on any atom is -0.382 e. The number of nitrogens with zero attached hydrogens (tertiary/aromatic N) is 4. The van der Waals surface area contributed by atoms with Crippen LogP contribution in [0, 0.1) is 10.8 Å². The minimum atomic E-state index is -0.135. The van der Waals surface area contributed by atoms with E-state index in [0.29, 0.717) is 30.6 Å². The molecule has 33 heavy (non-hydrogen) atoms. The van der Waals surface area contributed by atoms with Crippen LogP contribution < -0.4 is 15.1 Å². The summed E-state index contributed by atoms with van der Waals surface area (Å²) in [5, 5.41) is 19.5. The Labute approximate surface area is 194 Å². The van der Waals surface area contributed by atoms with Crippen molar-refractivity contribution in [2.24, 2.45) is 0 Å². The van der Waals surface area contributed by atoms with Crippen molar-refractivity contribution in [2.45, 2.75) is 38.8 Å². The molecule has 9 heteroatoms. The molecule has 174 valence electrons. The van der Waals surface area contributed by atoms with Gasteiger partial charge in [-0.1, -0.05) is 6.07 Å². The summed E-state index contributed by atoms with van der Waals surface area (Å²) < 4.78 is 5.41. The lowest BCUT2D eigenvalue weighted by atomic mass is 10.1. The summed E-state index contributed by atoms with van der Waals surface area (Å²) in [5.41, 5.74) is 2.32. The van der Waals surface area contributed by atoms with Crippen LogP contribution in [-0.2, 0) is 4.74 Å². The summed E-state index contributed by atoms with van der Waals surface area (Å²) in [6.07, 6.45) is 3.13. The van der Waals surface area contributed by atoms with Crippen LogP contribution in [0.3, 0.4) is 0 Å². The van der Waals surface area contributed by atoms with Crippen LogP contribution in [0.25, 0.3) is 0 Å². The summed E-state index contributed by atoms with van der Waals surface area (Å²) in [7, 11) is 0. The molecule has 4 rings (SSSR count). The number of carbonyl (C=O) groups excluding carboxylic acids is 1. The Balaban J connectivity index is 1.45. The van der Waals surface area contributed by atoms with Crippen molar-refractivity contribution in [1.82, 2.24) is 9.88 Å². The maximum absolute atomic E-state index is 13.2. The molecular weight excluding hydrogens is 418 g/mol. The first-order valence-electron chi connectivity index (χ1n) is 11.4. The first kappa shape index (κ1) is 22.7. The molecule has 2 fully saturated rings. The van der Waals surface area contributed by atoms with E-state index < -0.39 is 0 Å². The zero-order valence-electron chi connectivity index (χ0n) is 19.1. The molecule has 2 aliphatic heterocycles. The Kier molecular flexibility index (Phi) is 6.88. The fourth-order valence-electron chi connectivity index (χ4n) is 4.11. The van der Waals surface area contributed by atoms with Crippen LogP contribution in [0.15, 0.2) is 42.5 Å². The number of nitrogens with one attached hydrogen (secondary N) is 3. The van der Waals surface area contributed by atoms with Crippen LogP contribution in [0.4, 0.5) is 22.0 Å². The van der Waals surface area contributed by atoms with Gasteiger partial charge in [0.15, 0.2) is 5.84 Å². The molecule has 0 unspecified atom stereocenters. The quantitative estimate of drug-likeness (QED) is 0.441. The number of hydrogen-bond donors (Lipinski definition) is 3. The molecule has 0 atom stereocenters. The maximum Gasteiger partial charge on any atom is 0.330 e. The standard InChI is InChI=1S/C24H31N7O2/c1-17(2)31(16-25)23(26)21-4-3-5-22(28-21)30-13-12-29(24(30)32)20-8-6-18(7-9-20)27-19-10-14-33-15-11-19/h3-9,16-17,19,25-27H,10-15H2,1-2H3. The molecule has 2 aliphatic rings. The molecule has 3 N–H and O–H groups in total. The van der Waals surface area contributed by atoms with Crippen molar-refractivity contribution >= 4 is 35.4 Å². The zero-order chi connectivity index (χ0) is 23.4. The lowest BCUT2D eigenvalue weighted by molar-refractivity contribution is 0.0904. The first-order valence-corrected chi connectivity index (χ1v) is 11.4. The molecular formula is C24H31N7O2. The Morgan fingerprint density at radius 1 is 1.15 bits per heavy atom. The molecule has 1 aromatic heterocycles. The van der Waals surface area contributed by atoms with Gasteiger partial charge in [-0.2, -0.15) is 0 Å². The number of amidine groups is 1. The second-order valence-electron chi connectivity index (χ2n) is 8.52. The van der Waals surface area contributed by atoms with Gasteiger partial charge >= 0.3 is 6.03 Å². The highest BCUT2D eigenvalue weighted by Crippen LogP contribution is 2.26. The van der Waals surface area contributed by atoms with Gasteiger partial charge in [-0.25, -0.2) is 9.78 Å². The van der Waals surface area contributed by atoms with Crippen molar-refractivity contribution in [1.29, 1.82) is 10.8 Å². The lowest BCUT2D eigenvalue weighted by Gasteiger charge is -2.25. The highest BCUT2D eigenvalue weighted by Gasteiger charge is 2.32. The SMILES string of the molecule is CC(C)N(C=N)C(=N)c1cccc(N2CCN(c3ccc(NC4CCOCC4)cc3)C2=O)n1. The third-order valence-electron chi connectivity index (χ3n) is 5.99. The fourth-order valence-corrected chi connectivity index (χ4v) is 4.11. The summed E-state index contributed by atoms with van der Waals surface area (Å²) in [4.78, 5) is 22.6. The monoisotopic (exact) mass is 449 g/mol. The van der Waals surface area contributed by atoms with Crippen LogP contribution in [0.1, 0.15) is 32.4 Å². The third kappa shape index (κ3) is 4.98. The van der Waals surface area contributed by atoms with Crippen molar-refractivity contribution in [3.05, 3.63) is 48.2 Å². The number of urea groups is 1. The molecule has 9 nitrogen and oxygen atoms in total. The van der Waals surface area contributed by atoms with Crippen molar-refractivity contribution in [3.63, 3.8) is 0 Å². The molecule has 3 heterocycles. The number of ether oxygens (including phenoxy) is 1. The van der Waals surface area contributed by atoms with E-state index in [-0.39, 0.29) is 17.9 Å². The molecule has 0 spiro atoms. The summed E-state index contributed by atoms with van der Waals surface area (Å²) in [6.45, 7) is 6.49. The number of carbonyl (C=O) groups is 1. The van der Waals surface area contributed by atoms with Crippen LogP contribution in [0.5, 0.6) is 0 Å². The largest absolute Gasteiger partial charge is 0.382 e. The first-order chi connectivity index (χ1) is 16.0. The van der Waals surface area contributed by atoms with Gasteiger partial charge in [0, 0.05) is 49.8 Å². The Bertz CT molecular complexity index is 1000. The molecule has 1 aromatic carbocycles. The Morgan fingerprint density at radius 2 is 1.85 bits per heavy atom. The van der Waals surface area contributed by atoms with Crippen molar-refractivity contribution < 1.29 is 9.53 Å². The number of amides is 2. The molecule has 0 saturated carbocycles. The third-order valence-corrected chi connectivity index (χ3v) is 5.99. The van der Waals surface area contributed by atoms with E-state index in [1.54, 1.807) is 28.0 Å². The predicted octanol–water partition coefficient (Wildman–Crippen LogP) is 3.76. The lowest BCUT2D eigenvalue weighted by Crippen LogP contribution is -2.36. The van der Waals surface area contributed by atoms with Gasteiger partial charge in [-0.05, 0) is 63.1 Å². The van der Waals surface area contributed by atoms with Gasteiger partial charge in [-0.15, -0.1) is 0 Å². The smallest absolute Gasteiger partial charge is 0.330 e. The highest BCUT2D eigenvalue weighted by atomic mass is 16.5. The number of aromatic nitrogens is 1. The number of hydrogen-bond acceptors (Lipinski definition) is 6. The normalized spacial score (nSPS) is 16.9. The number of benzene rings is 1. The second kappa shape index (κ2) is 9.99. The summed E-state index contributed by atoms with van der Waals surface area (Å²) in [5.74, 6) is 0.647. The van der Waals surface area contributed by atoms with Crippen molar-refractivity contribution in [2.75, 3.05) is 41.4 Å². The number of pyridine rings is 1. The average Bonchev–Trinajstić information content (AvgIpc) is 3.22. The van der Waals surface area contributed by atoms with E-state index in [9.17, 15) is 4.79 Å². The average molecular weight is 450 g/mol. The van der Waals surface area contributed by atoms with Gasteiger partial charge in [0.05, 0.1) is 6.34 Å². The topological polar surface area (TPSA) is 109 Å². The van der Waals surface area contributed by atoms with E-state index >= 15 is 0 Å². The Hall–Kier alpha value is -3.46. The zero-order valence-corrected chi connectivity index (χ0v) is 19.1. The van der Waals surface area contributed by atoms with Crippen LogP contribution in [0.2, 0.25) is 0 Å². The Morgan fingerprint density at radius 3 is 2.52 bits per heavy atom. The number of rotatable bonds is 7. The van der Waals surface area contributed by atoms with Crippen molar-refractivity contribution in [3.8, 4) is 0 Å². The molecule has 2 amide bonds. The van der Waals surface area contributed by atoms with E-state index in [1.165, 1.54) is 4.90 Å². The second-order valence-corrected chi connectivity index (χ2v) is 8.52. The van der Waals surface area contributed by atoms with Gasteiger partial charge in [0.25, 0.3) is 0 Å². The van der Waals surface area contributed by atoms with E-state index in [4.69, 9.17) is 15.6 Å². The molecule has 0 aliphatic carbocycles. The maximum atomic E-state index is 13.2. The van der Waals surface area contributed by atoms with Gasteiger partial charge in [0.1, 0.15) is 11.5 Å². The summed E-state index contributed by atoms with van der Waals surface area (Å²) in [6, 6.07) is 13.5. The van der Waals surface area contributed by atoms with E-state index in [2.05, 4.69) is 10.3 Å². The molecule has 0 radical (unpaired) electrons. The fraction of sp³-hybridized carbons (Fsp3) is 0.417. The van der Waals surface area contributed by atoms with Gasteiger partial charge in [-0.3, -0.25) is 20.6 Å². The minimum absolute atomic E-state index is 0.0340. The van der Waals surface area contributed by atoms with Gasteiger partial charge in [0.2, 0.25) is 0 Å². The molecule has 2 aromatic rings. The molecule has 2 saturated heterocycles. The highest BCUT2D eigenvalue weighted by molar-refractivity contribution is 6.06. The predicted molar refractivity (Wildman–Crippen MR) is 131 cm³/mol. The number of anilines is 3. The van der Waals surface area contributed by atoms with Crippen LogP contribution >= 0.6 is 0 Å². The summed E-state index contributed by atoms with van der Waals surface area (Å²) >= 11 is 0. The van der Waals surface area contributed by atoms with E-state index in [0.717, 1.165) is 43.8 Å². The van der Waals surface area contributed by atoms with Gasteiger partial charge < -0.3 is 15.0 Å².